The van der Waals surface area contributed by atoms with Crippen molar-refractivity contribution in [3.8, 4) is 0 Å². The minimum atomic E-state index is -0.0431. The summed E-state index contributed by atoms with van der Waals surface area (Å²) >= 11 is 0. The Kier molecular flexibility index (Phi) is 3.13. The molecule has 2 aromatic heterocycles. The topological polar surface area (TPSA) is 51.0 Å². The van der Waals surface area contributed by atoms with Gasteiger partial charge < -0.3 is 0 Å². The SMILES string of the molecule is Cn1nc2c(cc1=O)CN(Cc1ccccn1)CC2. The zero-order chi connectivity index (χ0) is 13.2. The van der Waals surface area contributed by atoms with Crippen LogP contribution in [-0.2, 0) is 26.6 Å². The quantitative estimate of drug-likeness (QED) is 0.795. The lowest BCUT2D eigenvalue weighted by atomic mass is 10.1. The molecule has 0 unspecified atom stereocenters. The predicted octanol–water partition coefficient (Wildman–Crippen LogP) is 0.734. The lowest BCUT2D eigenvalue weighted by molar-refractivity contribution is 0.238. The summed E-state index contributed by atoms with van der Waals surface area (Å²) in [5.41, 5.74) is 3.10. The van der Waals surface area contributed by atoms with E-state index in [2.05, 4.69) is 15.0 Å². The highest BCUT2D eigenvalue weighted by atomic mass is 16.1. The molecule has 98 valence electrons. The van der Waals surface area contributed by atoms with Gasteiger partial charge in [-0.2, -0.15) is 5.10 Å². The maximum atomic E-state index is 11.6. The fourth-order valence-corrected chi connectivity index (χ4v) is 2.41. The van der Waals surface area contributed by atoms with E-state index >= 15 is 0 Å². The third-order valence-corrected chi connectivity index (χ3v) is 3.43. The number of aryl methyl sites for hydroxylation is 1. The first-order valence-corrected chi connectivity index (χ1v) is 6.41. The van der Waals surface area contributed by atoms with Gasteiger partial charge in [0.05, 0.1) is 11.4 Å². The van der Waals surface area contributed by atoms with Crippen molar-refractivity contribution in [2.75, 3.05) is 6.54 Å². The highest BCUT2D eigenvalue weighted by molar-refractivity contribution is 5.20. The second-order valence-corrected chi connectivity index (χ2v) is 4.86. The van der Waals surface area contributed by atoms with Crippen LogP contribution < -0.4 is 5.56 Å². The molecule has 0 fully saturated rings. The number of fused-ring (bicyclic) bond motifs is 1. The van der Waals surface area contributed by atoms with Gasteiger partial charge in [0.15, 0.2) is 0 Å². The van der Waals surface area contributed by atoms with E-state index in [4.69, 9.17) is 0 Å². The van der Waals surface area contributed by atoms with Gasteiger partial charge in [-0.1, -0.05) is 6.07 Å². The first kappa shape index (κ1) is 12.0. The Labute approximate surface area is 111 Å². The Bertz CT molecular complexity index is 636. The van der Waals surface area contributed by atoms with Gasteiger partial charge >= 0.3 is 0 Å². The van der Waals surface area contributed by atoms with Crippen molar-refractivity contribution in [2.24, 2.45) is 7.05 Å². The Balaban J connectivity index is 1.79. The molecule has 1 aliphatic heterocycles. The number of rotatable bonds is 2. The molecule has 5 heteroatoms. The summed E-state index contributed by atoms with van der Waals surface area (Å²) in [4.78, 5) is 18.3. The molecule has 0 aliphatic carbocycles. The van der Waals surface area contributed by atoms with Crippen molar-refractivity contribution in [1.82, 2.24) is 19.7 Å². The van der Waals surface area contributed by atoms with Crippen LogP contribution in [0.5, 0.6) is 0 Å². The molecular weight excluding hydrogens is 240 g/mol. The molecule has 0 spiro atoms. The van der Waals surface area contributed by atoms with Crippen molar-refractivity contribution in [2.45, 2.75) is 19.5 Å². The van der Waals surface area contributed by atoms with Crippen molar-refractivity contribution in [1.29, 1.82) is 0 Å². The average molecular weight is 256 g/mol. The van der Waals surface area contributed by atoms with E-state index in [9.17, 15) is 4.79 Å². The Morgan fingerprint density at radius 3 is 3.05 bits per heavy atom. The molecule has 0 amide bonds. The largest absolute Gasteiger partial charge is 0.293 e. The summed E-state index contributed by atoms with van der Waals surface area (Å²) in [6.45, 7) is 2.54. The van der Waals surface area contributed by atoms with E-state index in [1.807, 2.05) is 24.4 Å². The zero-order valence-electron chi connectivity index (χ0n) is 10.9. The van der Waals surface area contributed by atoms with Crippen LogP contribution in [0.25, 0.3) is 0 Å². The first-order chi connectivity index (χ1) is 9.22. The standard InChI is InChI=1S/C14H16N4O/c1-17-14(19)8-11-9-18(7-5-13(11)16-17)10-12-4-2-3-6-15-12/h2-4,6,8H,5,7,9-10H2,1H3. The first-order valence-electron chi connectivity index (χ1n) is 6.41. The molecule has 0 atom stereocenters. The second kappa shape index (κ2) is 4.93. The summed E-state index contributed by atoms with van der Waals surface area (Å²) in [6.07, 6.45) is 2.70. The Morgan fingerprint density at radius 2 is 2.26 bits per heavy atom. The van der Waals surface area contributed by atoms with Gasteiger partial charge in [-0.05, 0) is 17.7 Å². The number of aromatic nitrogens is 3. The van der Waals surface area contributed by atoms with E-state index in [1.54, 1.807) is 13.1 Å². The molecule has 0 aromatic carbocycles. The summed E-state index contributed by atoms with van der Waals surface area (Å²) in [5, 5.41) is 4.32. The van der Waals surface area contributed by atoms with E-state index in [-0.39, 0.29) is 5.56 Å². The normalized spacial score (nSPS) is 15.2. The summed E-state index contributed by atoms with van der Waals surface area (Å²) in [5.74, 6) is 0. The van der Waals surface area contributed by atoms with Gasteiger partial charge in [0.25, 0.3) is 5.56 Å². The lowest BCUT2D eigenvalue weighted by Crippen LogP contribution is -2.34. The molecule has 3 rings (SSSR count). The molecule has 1 aliphatic rings. The molecule has 0 saturated heterocycles. The third kappa shape index (κ3) is 2.56. The zero-order valence-corrected chi connectivity index (χ0v) is 10.9. The van der Waals surface area contributed by atoms with Crippen LogP contribution in [0, 0.1) is 0 Å². The van der Waals surface area contributed by atoms with Crippen LogP contribution >= 0.6 is 0 Å². The molecule has 0 N–H and O–H groups in total. The van der Waals surface area contributed by atoms with Gasteiger partial charge in [-0.3, -0.25) is 14.7 Å². The van der Waals surface area contributed by atoms with Crippen LogP contribution in [0.4, 0.5) is 0 Å². The van der Waals surface area contributed by atoms with Crippen LogP contribution in [0.15, 0.2) is 35.3 Å². The molecule has 3 heterocycles. The van der Waals surface area contributed by atoms with E-state index in [0.29, 0.717) is 0 Å². The van der Waals surface area contributed by atoms with Crippen molar-refractivity contribution < 1.29 is 0 Å². The van der Waals surface area contributed by atoms with Crippen molar-refractivity contribution >= 4 is 0 Å². The molecule has 0 saturated carbocycles. The van der Waals surface area contributed by atoms with E-state index in [1.165, 1.54) is 4.68 Å². The van der Waals surface area contributed by atoms with Gasteiger partial charge in [0.2, 0.25) is 0 Å². The summed E-state index contributed by atoms with van der Waals surface area (Å²) in [7, 11) is 1.70. The molecule has 19 heavy (non-hydrogen) atoms. The third-order valence-electron chi connectivity index (χ3n) is 3.43. The molecule has 0 bridgehead atoms. The van der Waals surface area contributed by atoms with Crippen LogP contribution in [-0.4, -0.2) is 26.2 Å². The fraction of sp³-hybridized carbons (Fsp3) is 0.357. The monoisotopic (exact) mass is 256 g/mol. The minimum Gasteiger partial charge on any atom is -0.293 e. The minimum absolute atomic E-state index is 0.0431. The summed E-state index contributed by atoms with van der Waals surface area (Å²) in [6, 6.07) is 7.64. The molecular formula is C14H16N4O. The highest BCUT2D eigenvalue weighted by Crippen LogP contribution is 2.16. The van der Waals surface area contributed by atoms with Crippen molar-refractivity contribution in [3.63, 3.8) is 0 Å². The highest BCUT2D eigenvalue weighted by Gasteiger charge is 2.18. The fourth-order valence-electron chi connectivity index (χ4n) is 2.41. The summed E-state index contributed by atoms with van der Waals surface area (Å²) < 4.78 is 1.41. The average Bonchev–Trinajstić information content (AvgIpc) is 2.42. The number of pyridine rings is 1. The number of hydrogen-bond donors (Lipinski definition) is 0. The predicted molar refractivity (Wildman–Crippen MR) is 71.5 cm³/mol. The second-order valence-electron chi connectivity index (χ2n) is 4.86. The van der Waals surface area contributed by atoms with E-state index in [0.717, 1.165) is 43.0 Å². The smallest absolute Gasteiger partial charge is 0.266 e. The molecule has 2 aromatic rings. The Hall–Kier alpha value is -2.01. The maximum absolute atomic E-state index is 11.6. The Morgan fingerprint density at radius 1 is 1.37 bits per heavy atom. The van der Waals surface area contributed by atoms with Crippen LogP contribution in [0.1, 0.15) is 17.0 Å². The maximum Gasteiger partial charge on any atom is 0.266 e. The number of hydrogen-bond acceptors (Lipinski definition) is 4. The van der Waals surface area contributed by atoms with E-state index < -0.39 is 0 Å². The van der Waals surface area contributed by atoms with Gasteiger partial charge in [0, 0.05) is 45.4 Å². The molecule has 0 radical (unpaired) electrons. The number of nitrogens with zero attached hydrogens (tertiary/aromatic N) is 4. The van der Waals surface area contributed by atoms with Gasteiger partial charge in [-0.25, -0.2) is 4.68 Å². The van der Waals surface area contributed by atoms with Gasteiger partial charge in [-0.15, -0.1) is 0 Å². The molecule has 5 nitrogen and oxygen atoms in total. The van der Waals surface area contributed by atoms with Crippen LogP contribution in [0.2, 0.25) is 0 Å². The van der Waals surface area contributed by atoms with Crippen molar-refractivity contribution in [3.05, 3.63) is 57.8 Å². The van der Waals surface area contributed by atoms with Gasteiger partial charge in [0.1, 0.15) is 0 Å². The van der Waals surface area contributed by atoms with Crippen LogP contribution in [0.3, 0.4) is 0 Å². The lowest BCUT2D eigenvalue weighted by Gasteiger charge is -2.27.